The van der Waals surface area contributed by atoms with E-state index in [1.807, 2.05) is 0 Å². The van der Waals surface area contributed by atoms with Gasteiger partial charge in [-0.3, -0.25) is 9.59 Å². The lowest BCUT2D eigenvalue weighted by Crippen LogP contribution is -2.28. The van der Waals surface area contributed by atoms with E-state index in [4.69, 9.17) is 9.47 Å². The van der Waals surface area contributed by atoms with Crippen LogP contribution in [-0.4, -0.2) is 36.4 Å². The van der Waals surface area contributed by atoms with Crippen LogP contribution in [0.5, 0.6) is 0 Å². The van der Waals surface area contributed by atoms with E-state index in [9.17, 15) is 14.7 Å². The minimum absolute atomic E-state index is 0.0627. The van der Waals surface area contributed by atoms with Gasteiger partial charge in [-0.05, 0) is 38.5 Å². The summed E-state index contributed by atoms with van der Waals surface area (Å²) in [5.74, 6) is -0.593. The van der Waals surface area contributed by atoms with Crippen molar-refractivity contribution in [1.82, 2.24) is 0 Å². The average molecular weight is 581 g/mol. The standard InChI is InChI=1S/C36H68O5/c1-3-5-7-9-11-13-14-15-16-17-18-19-20-21-23-25-27-29-31-36(39)41-34(32-37)33-40-35(38)30-28-26-24-22-12-10-8-6-4-2/h16-17,34,37H,3-15,18-33H2,1-2H3/b17-16-. The van der Waals surface area contributed by atoms with Gasteiger partial charge in [-0.25, -0.2) is 0 Å². The molecule has 0 saturated heterocycles. The fraction of sp³-hybridized carbons (Fsp3) is 0.889. The number of ether oxygens (including phenoxy) is 2. The minimum Gasteiger partial charge on any atom is -0.462 e. The van der Waals surface area contributed by atoms with Gasteiger partial charge in [0.05, 0.1) is 6.61 Å². The monoisotopic (exact) mass is 581 g/mol. The molecule has 0 saturated carbocycles. The second-order valence-electron chi connectivity index (χ2n) is 12.0. The van der Waals surface area contributed by atoms with Gasteiger partial charge in [-0.15, -0.1) is 0 Å². The van der Waals surface area contributed by atoms with Crippen molar-refractivity contribution < 1.29 is 24.2 Å². The van der Waals surface area contributed by atoms with Crippen LogP contribution in [-0.2, 0) is 19.1 Å². The molecule has 1 atom stereocenters. The number of carbonyl (C=O) groups excluding carboxylic acids is 2. The molecule has 5 nitrogen and oxygen atoms in total. The van der Waals surface area contributed by atoms with Gasteiger partial charge in [0.1, 0.15) is 6.61 Å². The third-order valence-electron chi connectivity index (χ3n) is 7.81. The molecule has 0 bridgehead atoms. The summed E-state index contributed by atoms with van der Waals surface area (Å²) in [6, 6.07) is 0. The van der Waals surface area contributed by atoms with Crippen molar-refractivity contribution in [1.29, 1.82) is 0 Å². The zero-order chi connectivity index (χ0) is 30.1. The summed E-state index contributed by atoms with van der Waals surface area (Å²) in [5.41, 5.74) is 0. The second-order valence-corrected chi connectivity index (χ2v) is 12.0. The average Bonchev–Trinajstić information content (AvgIpc) is 2.97. The first kappa shape index (κ1) is 39.6. The Labute approximate surface area is 254 Å². The van der Waals surface area contributed by atoms with Crippen LogP contribution < -0.4 is 0 Å². The van der Waals surface area contributed by atoms with Gasteiger partial charge < -0.3 is 14.6 Å². The maximum atomic E-state index is 12.1. The lowest BCUT2D eigenvalue weighted by atomic mass is 10.1. The molecule has 0 spiro atoms. The van der Waals surface area contributed by atoms with Crippen LogP contribution in [0.25, 0.3) is 0 Å². The van der Waals surface area contributed by atoms with Crippen LogP contribution >= 0.6 is 0 Å². The maximum Gasteiger partial charge on any atom is 0.306 e. The summed E-state index contributed by atoms with van der Waals surface area (Å²) in [5, 5.41) is 9.49. The predicted molar refractivity (Wildman–Crippen MR) is 173 cm³/mol. The third-order valence-corrected chi connectivity index (χ3v) is 7.81. The lowest BCUT2D eigenvalue weighted by molar-refractivity contribution is -0.161. The number of unbranched alkanes of at least 4 members (excludes halogenated alkanes) is 22. The van der Waals surface area contributed by atoms with E-state index in [1.54, 1.807) is 0 Å². The zero-order valence-corrected chi connectivity index (χ0v) is 27.3. The van der Waals surface area contributed by atoms with Gasteiger partial charge >= 0.3 is 11.9 Å². The maximum absolute atomic E-state index is 12.1. The highest BCUT2D eigenvalue weighted by atomic mass is 16.6. The van der Waals surface area contributed by atoms with Crippen LogP contribution in [0.1, 0.15) is 187 Å². The quantitative estimate of drug-likeness (QED) is 0.0487. The molecule has 0 amide bonds. The molecule has 5 heteroatoms. The van der Waals surface area contributed by atoms with Crippen molar-refractivity contribution in [3.63, 3.8) is 0 Å². The van der Waals surface area contributed by atoms with Crippen molar-refractivity contribution in [2.75, 3.05) is 13.2 Å². The Hall–Kier alpha value is -1.36. The molecule has 0 aromatic carbocycles. The first-order valence-corrected chi connectivity index (χ1v) is 17.7. The van der Waals surface area contributed by atoms with Gasteiger partial charge in [0.2, 0.25) is 0 Å². The Morgan fingerprint density at radius 3 is 1.32 bits per heavy atom. The van der Waals surface area contributed by atoms with E-state index in [2.05, 4.69) is 26.0 Å². The van der Waals surface area contributed by atoms with Crippen molar-refractivity contribution in [3.05, 3.63) is 12.2 Å². The highest BCUT2D eigenvalue weighted by Gasteiger charge is 2.16. The molecule has 1 unspecified atom stereocenters. The fourth-order valence-electron chi connectivity index (χ4n) is 5.08. The molecule has 0 aliphatic rings. The van der Waals surface area contributed by atoms with Crippen LogP contribution in [0.2, 0.25) is 0 Å². The van der Waals surface area contributed by atoms with Gasteiger partial charge in [0, 0.05) is 12.8 Å². The number of carbonyl (C=O) groups is 2. The Bertz CT molecular complexity index is 589. The number of hydrogen-bond acceptors (Lipinski definition) is 5. The summed E-state index contributed by atoms with van der Waals surface area (Å²) in [6.45, 7) is 4.11. The molecule has 0 fully saturated rings. The Kier molecular flexibility index (Phi) is 32.0. The summed E-state index contributed by atoms with van der Waals surface area (Å²) in [4.78, 5) is 24.1. The van der Waals surface area contributed by atoms with E-state index in [0.29, 0.717) is 12.8 Å². The summed E-state index contributed by atoms with van der Waals surface area (Å²) >= 11 is 0. The fourth-order valence-corrected chi connectivity index (χ4v) is 5.08. The van der Waals surface area contributed by atoms with Gasteiger partial charge in [0.25, 0.3) is 0 Å². The Morgan fingerprint density at radius 2 is 0.902 bits per heavy atom. The molecule has 242 valence electrons. The topological polar surface area (TPSA) is 72.8 Å². The number of aliphatic hydroxyl groups excluding tert-OH is 1. The van der Waals surface area contributed by atoms with Gasteiger partial charge in [-0.2, -0.15) is 0 Å². The molecule has 41 heavy (non-hydrogen) atoms. The molecule has 0 rings (SSSR count). The van der Waals surface area contributed by atoms with E-state index in [-0.39, 0.29) is 25.2 Å². The summed E-state index contributed by atoms with van der Waals surface area (Å²) < 4.78 is 10.5. The smallest absolute Gasteiger partial charge is 0.306 e. The molecular formula is C36H68O5. The summed E-state index contributed by atoms with van der Waals surface area (Å²) in [7, 11) is 0. The van der Waals surface area contributed by atoms with Gasteiger partial charge in [-0.1, -0.05) is 148 Å². The first-order chi connectivity index (χ1) is 20.1. The highest BCUT2D eigenvalue weighted by Crippen LogP contribution is 2.13. The van der Waals surface area contributed by atoms with E-state index in [0.717, 1.165) is 38.5 Å². The number of rotatable bonds is 32. The molecule has 0 aromatic heterocycles. The van der Waals surface area contributed by atoms with Crippen molar-refractivity contribution in [2.45, 2.75) is 193 Å². The van der Waals surface area contributed by atoms with Crippen molar-refractivity contribution in [2.24, 2.45) is 0 Å². The predicted octanol–water partition coefficient (Wildman–Crippen LogP) is 10.6. The lowest BCUT2D eigenvalue weighted by Gasteiger charge is -2.15. The molecular weight excluding hydrogens is 512 g/mol. The zero-order valence-electron chi connectivity index (χ0n) is 27.3. The number of hydrogen-bond donors (Lipinski definition) is 1. The minimum atomic E-state index is -0.765. The van der Waals surface area contributed by atoms with Crippen LogP contribution in [0.15, 0.2) is 12.2 Å². The van der Waals surface area contributed by atoms with Gasteiger partial charge in [0.15, 0.2) is 6.10 Å². The molecule has 0 heterocycles. The Morgan fingerprint density at radius 1 is 0.537 bits per heavy atom. The van der Waals surface area contributed by atoms with E-state index < -0.39 is 6.10 Å². The third kappa shape index (κ3) is 31.4. The largest absolute Gasteiger partial charge is 0.462 e. The molecule has 1 N–H and O–H groups in total. The number of esters is 2. The molecule has 0 radical (unpaired) electrons. The number of allylic oxidation sites excluding steroid dienone is 2. The molecule has 0 aliphatic heterocycles. The molecule has 0 aliphatic carbocycles. The number of aliphatic hydroxyl groups is 1. The van der Waals surface area contributed by atoms with Crippen LogP contribution in [0.3, 0.4) is 0 Å². The van der Waals surface area contributed by atoms with Crippen LogP contribution in [0, 0.1) is 0 Å². The normalized spacial score (nSPS) is 12.2. The first-order valence-electron chi connectivity index (χ1n) is 17.7. The highest BCUT2D eigenvalue weighted by molar-refractivity contribution is 5.70. The molecule has 0 aromatic rings. The summed E-state index contributed by atoms with van der Waals surface area (Å²) in [6.07, 6.45) is 35.6. The van der Waals surface area contributed by atoms with E-state index in [1.165, 1.54) is 122 Å². The second kappa shape index (κ2) is 33.1. The van der Waals surface area contributed by atoms with E-state index >= 15 is 0 Å². The van der Waals surface area contributed by atoms with Crippen molar-refractivity contribution >= 4 is 11.9 Å². The Balaban J connectivity index is 3.53. The SMILES string of the molecule is CCCCCCCCC/C=C\CCCCCCCCCC(=O)OC(CO)COC(=O)CCCCCCCCCCC. The van der Waals surface area contributed by atoms with Crippen LogP contribution in [0.4, 0.5) is 0 Å². The van der Waals surface area contributed by atoms with Crippen molar-refractivity contribution in [3.8, 4) is 0 Å².